The Labute approximate surface area is 131 Å². The van der Waals surface area contributed by atoms with Crippen molar-refractivity contribution >= 4 is 43.0 Å². The zero-order valence-electron chi connectivity index (χ0n) is 10.9. The minimum Gasteiger partial charge on any atom is -0.398 e. The Morgan fingerprint density at radius 3 is 2.80 bits per heavy atom. The van der Waals surface area contributed by atoms with Crippen LogP contribution in [0.3, 0.4) is 0 Å². The smallest absolute Gasteiger partial charge is 0.240 e. The van der Waals surface area contributed by atoms with Gasteiger partial charge in [0.1, 0.15) is 0 Å². The SMILES string of the molecule is Cc1c(N)cc(Br)cc1S(=O)(=O)NCCc1ccsc1. The predicted molar refractivity (Wildman–Crippen MR) is 86.5 cm³/mol. The molecule has 108 valence electrons. The molecule has 0 saturated carbocycles. The van der Waals surface area contributed by atoms with E-state index in [0.717, 1.165) is 5.56 Å². The van der Waals surface area contributed by atoms with Crippen LogP contribution in [0.4, 0.5) is 5.69 Å². The zero-order valence-corrected chi connectivity index (χ0v) is 14.1. The van der Waals surface area contributed by atoms with Crippen molar-refractivity contribution in [2.24, 2.45) is 0 Å². The monoisotopic (exact) mass is 374 g/mol. The van der Waals surface area contributed by atoms with Gasteiger partial charge < -0.3 is 5.73 Å². The molecule has 2 aromatic rings. The summed E-state index contributed by atoms with van der Waals surface area (Å²) in [6.07, 6.45) is 0.672. The summed E-state index contributed by atoms with van der Waals surface area (Å²) in [7, 11) is -3.55. The molecule has 0 fully saturated rings. The molecular formula is C13H15BrN2O2S2. The Morgan fingerprint density at radius 1 is 1.40 bits per heavy atom. The summed E-state index contributed by atoms with van der Waals surface area (Å²) >= 11 is 4.87. The number of rotatable bonds is 5. The average Bonchev–Trinajstić information content (AvgIpc) is 2.86. The Morgan fingerprint density at radius 2 is 2.15 bits per heavy atom. The molecule has 4 nitrogen and oxygen atoms in total. The molecule has 20 heavy (non-hydrogen) atoms. The minimum absolute atomic E-state index is 0.217. The van der Waals surface area contributed by atoms with E-state index in [-0.39, 0.29) is 4.90 Å². The van der Waals surface area contributed by atoms with Crippen LogP contribution in [0.15, 0.2) is 38.3 Å². The van der Waals surface area contributed by atoms with Gasteiger partial charge in [0, 0.05) is 16.7 Å². The van der Waals surface area contributed by atoms with Crippen molar-refractivity contribution in [3.63, 3.8) is 0 Å². The molecule has 0 bridgehead atoms. The first-order valence-electron chi connectivity index (χ1n) is 5.96. The summed E-state index contributed by atoms with van der Waals surface area (Å²) in [6, 6.07) is 5.25. The van der Waals surface area contributed by atoms with E-state index in [9.17, 15) is 8.42 Å². The van der Waals surface area contributed by atoms with E-state index in [1.54, 1.807) is 30.4 Å². The lowest BCUT2D eigenvalue weighted by Gasteiger charge is -2.11. The molecular weight excluding hydrogens is 360 g/mol. The van der Waals surface area contributed by atoms with Crippen molar-refractivity contribution in [2.45, 2.75) is 18.2 Å². The Balaban J connectivity index is 2.14. The number of thiophene rings is 1. The number of nitrogen functional groups attached to an aromatic ring is 1. The second-order valence-corrected chi connectivity index (χ2v) is 7.83. The molecule has 0 atom stereocenters. The molecule has 0 spiro atoms. The molecule has 0 radical (unpaired) electrons. The van der Waals surface area contributed by atoms with Crippen molar-refractivity contribution in [3.05, 3.63) is 44.6 Å². The summed E-state index contributed by atoms with van der Waals surface area (Å²) in [5.74, 6) is 0. The zero-order chi connectivity index (χ0) is 14.8. The van der Waals surface area contributed by atoms with Gasteiger partial charge in [0.2, 0.25) is 10.0 Å². The highest BCUT2D eigenvalue weighted by Crippen LogP contribution is 2.26. The Kier molecular flexibility index (Phi) is 4.85. The highest BCUT2D eigenvalue weighted by atomic mass is 79.9. The van der Waals surface area contributed by atoms with E-state index < -0.39 is 10.0 Å². The molecule has 2 rings (SSSR count). The van der Waals surface area contributed by atoms with Gasteiger partial charge in [-0.25, -0.2) is 13.1 Å². The van der Waals surface area contributed by atoms with E-state index >= 15 is 0 Å². The fraction of sp³-hybridized carbons (Fsp3) is 0.231. The lowest BCUT2D eigenvalue weighted by Crippen LogP contribution is -2.26. The van der Waals surface area contributed by atoms with Crippen LogP contribution in [-0.2, 0) is 16.4 Å². The number of halogens is 1. The molecule has 0 amide bonds. The second-order valence-electron chi connectivity index (χ2n) is 4.40. The number of hydrogen-bond donors (Lipinski definition) is 2. The van der Waals surface area contributed by atoms with Gasteiger partial charge in [-0.05, 0) is 53.4 Å². The maximum absolute atomic E-state index is 12.3. The van der Waals surface area contributed by atoms with Crippen molar-refractivity contribution in [1.82, 2.24) is 4.72 Å². The predicted octanol–water partition coefficient (Wildman–Crippen LogP) is 2.92. The first-order valence-corrected chi connectivity index (χ1v) is 9.18. The number of hydrogen-bond acceptors (Lipinski definition) is 4. The summed E-state index contributed by atoms with van der Waals surface area (Å²) in [6.45, 7) is 2.07. The van der Waals surface area contributed by atoms with Crippen LogP contribution in [0.2, 0.25) is 0 Å². The number of anilines is 1. The summed E-state index contributed by atoms with van der Waals surface area (Å²) in [5.41, 5.74) is 7.95. The standard InChI is InChI=1S/C13H15BrN2O2S2/c1-9-12(15)6-11(14)7-13(9)20(17,18)16-4-2-10-3-5-19-8-10/h3,5-8,16H,2,4,15H2,1H3. The molecule has 0 saturated heterocycles. The second kappa shape index (κ2) is 6.26. The minimum atomic E-state index is -3.55. The maximum atomic E-state index is 12.3. The van der Waals surface area contributed by atoms with Crippen LogP contribution in [0.25, 0.3) is 0 Å². The van der Waals surface area contributed by atoms with Gasteiger partial charge in [0.05, 0.1) is 4.90 Å². The molecule has 1 heterocycles. The van der Waals surface area contributed by atoms with Crippen LogP contribution in [0, 0.1) is 6.92 Å². The van der Waals surface area contributed by atoms with E-state index in [4.69, 9.17) is 5.73 Å². The van der Waals surface area contributed by atoms with Gasteiger partial charge in [0.25, 0.3) is 0 Å². The van der Waals surface area contributed by atoms with Crippen LogP contribution in [0.1, 0.15) is 11.1 Å². The van der Waals surface area contributed by atoms with Gasteiger partial charge in [0.15, 0.2) is 0 Å². The van der Waals surface area contributed by atoms with Crippen LogP contribution in [0.5, 0.6) is 0 Å². The molecule has 0 aliphatic heterocycles. The number of benzene rings is 1. The number of nitrogens with two attached hydrogens (primary N) is 1. The molecule has 1 aromatic carbocycles. The van der Waals surface area contributed by atoms with Crippen molar-refractivity contribution in [1.29, 1.82) is 0 Å². The highest BCUT2D eigenvalue weighted by molar-refractivity contribution is 9.10. The fourth-order valence-corrected chi connectivity index (χ4v) is 4.46. The summed E-state index contributed by atoms with van der Waals surface area (Å²) in [5, 5.41) is 3.99. The molecule has 1 aromatic heterocycles. The van der Waals surface area contributed by atoms with E-state index in [0.29, 0.717) is 28.7 Å². The van der Waals surface area contributed by atoms with Crippen LogP contribution >= 0.6 is 27.3 Å². The third-order valence-electron chi connectivity index (χ3n) is 2.94. The first kappa shape index (κ1) is 15.5. The van der Waals surface area contributed by atoms with E-state index in [1.165, 1.54) is 0 Å². The molecule has 0 aliphatic rings. The Hall–Kier alpha value is -0.890. The first-order chi connectivity index (χ1) is 9.40. The van der Waals surface area contributed by atoms with Crippen LogP contribution < -0.4 is 10.5 Å². The van der Waals surface area contributed by atoms with Crippen molar-refractivity contribution < 1.29 is 8.42 Å². The van der Waals surface area contributed by atoms with Crippen molar-refractivity contribution in [3.8, 4) is 0 Å². The lowest BCUT2D eigenvalue weighted by molar-refractivity contribution is 0.581. The van der Waals surface area contributed by atoms with Gasteiger partial charge in [-0.2, -0.15) is 11.3 Å². The number of sulfonamides is 1. The molecule has 0 unspecified atom stereocenters. The molecule has 7 heteroatoms. The third kappa shape index (κ3) is 3.60. The van der Waals surface area contributed by atoms with E-state index in [2.05, 4.69) is 20.7 Å². The van der Waals surface area contributed by atoms with Gasteiger partial charge in [-0.15, -0.1) is 0 Å². The number of nitrogens with one attached hydrogen (secondary N) is 1. The van der Waals surface area contributed by atoms with Crippen LogP contribution in [-0.4, -0.2) is 15.0 Å². The maximum Gasteiger partial charge on any atom is 0.240 e. The average molecular weight is 375 g/mol. The summed E-state index contributed by atoms with van der Waals surface area (Å²) in [4.78, 5) is 0.217. The van der Waals surface area contributed by atoms with Crippen molar-refractivity contribution in [2.75, 3.05) is 12.3 Å². The van der Waals surface area contributed by atoms with Gasteiger partial charge in [-0.3, -0.25) is 0 Å². The van der Waals surface area contributed by atoms with Gasteiger partial charge >= 0.3 is 0 Å². The topological polar surface area (TPSA) is 72.2 Å². The lowest BCUT2D eigenvalue weighted by atomic mass is 10.2. The third-order valence-corrected chi connectivity index (χ3v) is 5.72. The van der Waals surface area contributed by atoms with E-state index in [1.807, 2.05) is 16.8 Å². The fourth-order valence-electron chi connectivity index (χ4n) is 1.80. The highest BCUT2D eigenvalue weighted by Gasteiger charge is 2.18. The molecule has 3 N–H and O–H groups in total. The quantitative estimate of drug-likeness (QED) is 0.790. The molecule has 0 aliphatic carbocycles. The Bertz CT molecular complexity index is 697. The van der Waals surface area contributed by atoms with Gasteiger partial charge in [-0.1, -0.05) is 15.9 Å². The normalized spacial score (nSPS) is 11.7. The largest absolute Gasteiger partial charge is 0.398 e. The summed E-state index contributed by atoms with van der Waals surface area (Å²) < 4.78 is 27.9.